The van der Waals surface area contributed by atoms with Crippen LogP contribution in [0.2, 0.25) is 0 Å². The van der Waals surface area contributed by atoms with Gasteiger partial charge in [0.2, 0.25) is 5.95 Å². The highest BCUT2D eigenvalue weighted by Gasteiger charge is 2.16. The molecule has 0 spiro atoms. The van der Waals surface area contributed by atoms with Gasteiger partial charge in [-0.05, 0) is 18.2 Å². The summed E-state index contributed by atoms with van der Waals surface area (Å²) in [6.07, 6.45) is 1.58. The maximum absolute atomic E-state index is 12.3. The Morgan fingerprint density at radius 3 is 2.86 bits per heavy atom. The normalized spacial score (nSPS) is 11.4. The third-order valence-electron chi connectivity index (χ3n) is 4.09. The predicted octanol–water partition coefficient (Wildman–Crippen LogP) is 1.29. The van der Waals surface area contributed by atoms with Gasteiger partial charge < -0.3 is 14.0 Å². The number of aryl methyl sites for hydroxylation is 1. The summed E-state index contributed by atoms with van der Waals surface area (Å²) in [6.45, 7) is 0.706. The van der Waals surface area contributed by atoms with Crippen molar-refractivity contribution in [1.29, 1.82) is 0 Å². The second-order valence-electron chi connectivity index (χ2n) is 5.83. The average Bonchev–Trinajstić information content (AvgIpc) is 3.04. The molecular formula is C17H19BrN6O4. The highest BCUT2D eigenvalue weighted by atomic mass is 79.9. The molecule has 28 heavy (non-hydrogen) atoms. The van der Waals surface area contributed by atoms with Crippen molar-refractivity contribution in [2.45, 2.75) is 6.54 Å². The van der Waals surface area contributed by atoms with Crippen molar-refractivity contribution in [3.63, 3.8) is 0 Å². The highest BCUT2D eigenvalue weighted by molar-refractivity contribution is 9.10. The van der Waals surface area contributed by atoms with Crippen LogP contribution in [0, 0.1) is 0 Å². The Balaban J connectivity index is 2.02. The lowest BCUT2D eigenvalue weighted by Crippen LogP contribution is -2.29. The SMILES string of the molecule is COCCn1c(NN=Cc2cc(Br)ccc2OC)nc2c1c(=O)[nH]c(=O)n2C. The van der Waals surface area contributed by atoms with Crippen molar-refractivity contribution < 1.29 is 9.47 Å². The zero-order valence-corrected chi connectivity index (χ0v) is 17.1. The molecule has 0 unspecified atom stereocenters. The number of hydrogen-bond acceptors (Lipinski definition) is 7. The maximum Gasteiger partial charge on any atom is 0.329 e. The number of imidazole rings is 1. The third-order valence-corrected chi connectivity index (χ3v) is 4.58. The summed E-state index contributed by atoms with van der Waals surface area (Å²) in [7, 11) is 4.67. The number of methoxy groups -OCH3 is 2. The van der Waals surface area contributed by atoms with E-state index in [1.54, 1.807) is 25.0 Å². The van der Waals surface area contributed by atoms with Gasteiger partial charge in [-0.3, -0.25) is 14.3 Å². The second kappa shape index (κ2) is 8.40. The van der Waals surface area contributed by atoms with E-state index in [4.69, 9.17) is 9.47 Å². The number of hydrogen-bond donors (Lipinski definition) is 2. The molecule has 0 radical (unpaired) electrons. The molecule has 2 heterocycles. The minimum absolute atomic E-state index is 0.252. The van der Waals surface area contributed by atoms with Crippen LogP contribution >= 0.6 is 15.9 Å². The van der Waals surface area contributed by atoms with Gasteiger partial charge in [-0.2, -0.15) is 10.1 Å². The molecule has 0 aliphatic rings. The lowest BCUT2D eigenvalue weighted by atomic mass is 10.2. The lowest BCUT2D eigenvalue weighted by Gasteiger charge is -2.07. The van der Waals surface area contributed by atoms with Crippen molar-refractivity contribution in [1.82, 2.24) is 19.1 Å². The number of aromatic amines is 1. The van der Waals surface area contributed by atoms with Crippen molar-refractivity contribution in [2.24, 2.45) is 12.1 Å². The Morgan fingerprint density at radius 1 is 1.36 bits per heavy atom. The summed E-state index contributed by atoms with van der Waals surface area (Å²) >= 11 is 3.41. The average molecular weight is 451 g/mol. The molecule has 0 aliphatic carbocycles. The van der Waals surface area contributed by atoms with Crippen LogP contribution in [0.4, 0.5) is 5.95 Å². The first-order valence-corrected chi connectivity index (χ1v) is 9.06. The standard InChI is InChI=1S/C17H19BrN6O4/c1-23-14-13(15(25)21-17(23)26)24(6-7-27-2)16(20-14)22-19-9-10-8-11(18)4-5-12(10)28-3/h4-5,8-9H,6-7H2,1-3H3,(H,20,22)(H,21,25,26). The summed E-state index contributed by atoms with van der Waals surface area (Å²) in [5.41, 5.74) is 3.03. The third kappa shape index (κ3) is 3.85. The lowest BCUT2D eigenvalue weighted by molar-refractivity contribution is 0.188. The molecule has 0 amide bonds. The van der Waals surface area contributed by atoms with Gasteiger partial charge in [0.15, 0.2) is 11.2 Å². The molecule has 0 saturated carbocycles. The first kappa shape index (κ1) is 19.8. The number of fused-ring (bicyclic) bond motifs is 1. The number of ether oxygens (including phenoxy) is 2. The number of anilines is 1. The Morgan fingerprint density at radius 2 is 2.14 bits per heavy atom. The Kier molecular flexibility index (Phi) is 5.95. The topological polar surface area (TPSA) is 116 Å². The van der Waals surface area contributed by atoms with Crippen molar-refractivity contribution in [2.75, 3.05) is 26.3 Å². The van der Waals surface area contributed by atoms with Crippen LogP contribution in [-0.4, -0.2) is 46.1 Å². The van der Waals surface area contributed by atoms with E-state index >= 15 is 0 Å². The molecule has 2 N–H and O–H groups in total. The molecule has 1 aromatic carbocycles. The van der Waals surface area contributed by atoms with E-state index in [1.165, 1.54) is 11.6 Å². The summed E-state index contributed by atoms with van der Waals surface area (Å²) in [5.74, 6) is 0.962. The van der Waals surface area contributed by atoms with Gasteiger partial charge >= 0.3 is 5.69 Å². The largest absolute Gasteiger partial charge is 0.496 e. The molecular weight excluding hydrogens is 432 g/mol. The number of hydrazone groups is 1. The number of halogens is 1. The Bertz CT molecular complexity index is 1150. The smallest absolute Gasteiger partial charge is 0.329 e. The van der Waals surface area contributed by atoms with Gasteiger partial charge in [0, 0.05) is 30.7 Å². The summed E-state index contributed by atoms with van der Waals surface area (Å²) in [6, 6.07) is 5.53. The van der Waals surface area contributed by atoms with E-state index in [9.17, 15) is 9.59 Å². The molecule has 0 bridgehead atoms. The predicted molar refractivity (Wildman–Crippen MR) is 109 cm³/mol. The zero-order valence-electron chi connectivity index (χ0n) is 15.5. The number of nitrogens with one attached hydrogen (secondary N) is 2. The Labute approximate surface area is 167 Å². The van der Waals surface area contributed by atoms with Crippen molar-refractivity contribution in [3.05, 3.63) is 49.1 Å². The summed E-state index contributed by atoms with van der Waals surface area (Å²) in [5, 5.41) is 4.21. The molecule has 3 aromatic rings. The molecule has 11 heteroatoms. The van der Waals surface area contributed by atoms with E-state index in [1.807, 2.05) is 18.2 Å². The number of rotatable bonds is 7. The van der Waals surface area contributed by atoms with Crippen LogP contribution < -0.4 is 21.4 Å². The monoisotopic (exact) mass is 450 g/mol. The van der Waals surface area contributed by atoms with Gasteiger partial charge in [-0.25, -0.2) is 10.2 Å². The van der Waals surface area contributed by atoms with Crippen molar-refractivity contribution >= 4 is 39.3 Å². The first-order chi connectivity index (χ1) is 13.5. The molecule has 0 aliphatic heterocycles. The van der Waals surface area contributed by atoms with Gasteiger partial charge in [-0.15, -0.1) is 0 Å². The molecule has 0 fully saturated rings. The molecule has 148 valence electrons. The maximum atomic E-state index is 12.3. The highest BCUT2D eigenvalue weighted by Crippen LogP contribution is 2.21. The minimum atomic E-state index is -0.539. The summed E-state index contributed by atoms with van der Waals surface area (Å²) < 4.78 is 14.2. The molecule has 2 aromatic heterocycles. The van der Waals surface area contributed by atoms with E-state index < -0.39 is 11.2 Å². The number of nitrogens with zero attached hydrogens (tertiary/aromatic N) is 4. The molecule has 3 rings (SSSR count). The van der Waals surface area contributed by atoms with Crippen LogP contribution in [0.3, 0.4) is 0 Å². The van der Waals surface area contributed by atoms with Gasteiger partial charge in [0.25, 0.3) is 5.56 Å². The number of H-pyrrole nitrogens is 1. The second-order valence-corrected chi connectivity index (χ2v) is 6.74. The summed E-state index contributed by atoms with van der Waals surface area (Å²) in [4.78, 5) is 30.8. The number of benzene rings is 1. The van der Waals surface area contributed by atoms with E-state index in [0.29, 0.717) is 24.8 Å². The van der Waals surface area contributed by atoms with E-state index in [-0.39, 0.29) is 11.2 Å². The fourth-order valence-electron chi connectivity index (χ4n) is 2.69. The van der Waals surface area contributed by atoms with Crippen LogP contribution in [-0.2, 0) is 18.3 Å². The molecule has 0 atom stereocenters. The van der Waals surface area contributed by atoms with Crippen LogP contribution in [0.5, 0.6) is 5.75 Å². The first-order valence-electron chi connectivity index (χ1n) is 8.27. The van der Waals surface area contributed by atoms with Gasteiger partial charge in [0.1, 0.15) is 5.75 Å². The van der Waals surface area contributed by atoms with E-state index in [0.717, 1.165) is 10.0 Å². The molecule has 10 nitrogen and oxygen atoms in total. The molecule has 0 saturated heterocycles. The number of aromatic nitrogens is 4. The Hall–Kier alpha value is -2.92. The van der Waals surface area contributed by atoms with Gasteiger partial charge in [0.05, 0.1) is 19.9 Å². The fraction of sp³-hybridized carbons (Fsp3) is 0.294. The minimum Gasteiger partial charge on any atom is -0.496 e. The van der Waals surface area contributed by atoms with Gasteiger partial charge in [-0.1, -0.05) is 15.9 Å². The van der Waals surface area contributed by atoms with Crippen molar-refractivity contribution in [3.8, 4) is 5.75 Å². The van der Waals surface area contributed by atoms with Crippen LogP contribution in [0.1, 0.15) is 5.56 Å². The quantitative estimate of drug-likeness (QED) is 0.413. The van der Waals surface area contributed by atoms with Crippen LogP contribution in [0.25, 0.3) is 11.2 Å². The van der Waals surface area contributed by atoms with Crippen LogP contribution in [0.15, 0.2) is 37.4 Å². The van der Waals surface area contributed by atoms with E-state index in [2.05, 4.69) is 36.4 Å². The fourth-order valence-corrected chi connectivity index (χ4v) is 3.06. The zero-order chi connectivity index (χ0) is 20.3.